The second kappa shape index (κ2) is 11.3. The van der Waals surface area contributed by atoms with Gasteiger partial charge in [-0.25, -0.2) is 0 Å². The Morgan fingerprint density at radius 3 is 2.11 bits per heavy atom. The van der Waals surface area contributed by atoms with Crippen LogP contribution in [0.4, 0.5) is 0 Å². The first-order chi connectivity index (χ1) is 21.2. The predicted molar refractivity (Wildman–Crippen MR) is 169 cm³/mol. The molecule has 6 aliphatic rings. The van der Waals surface area contributed by atoms with Crippen LogP contribution < -0.4 is 0 Å². The summed E-state index contributed by atoms with van der Waals surface area (Å²) in [6.45, 7) is 16.4. The van der Waals surface area contributed by atoms with Crippen molar-refractivity contribution in [3.05, 3.63) is 0 Å². The zero-order valence-corrected chi connectivity index (χ0v) is 29.2. The second-order valence-electron chi connectivity index (χ2n) is 18.4. The Morgan fingerprint density at radius 1 is 0.826 bits per heavy atom. The first-order valence-electron chi connectivity index (χ1n) is 17.9. The number of fused-ring (bicyclic) bond motifs is 5. The molecule has 7 N–H and O–H groups in total. The third kappa shape index (κ3) is 4.94. The lowest BCUT2D eigenvalue weighted by Gasteiger charge is -2.72. The molecule has 0 spiro atoms. The Morgan fingerprint density at radius 2 is 1.50 bits per heavy atom. The van der Waals surface area contributed by atoms with E-state index in [4.69, 9.17) is 14.2 Å². The van der Waals surface area contributed by atoms with Crippen molar-refractivity contribution in [3.63, 3.8) is 0 Å². The molecule has 0 amide bonds. The predicted octanol–water partition coefficient (Wildman–Crippen LogP) is 2.51. The summed E-state index contributed by atoms with van der Waals surface area (Å²) in [7, 11) is 0. The van der Waals surface area contributed by atoms with E-state index in [2.05, 4.69) is 41.5 Å². The maximum absolute atomic E-state index is 12.2. The molecule has 0 bridgehead atoms. The molecule has 10 nitrogen and oxygen atoms in total. The minimum atomic E-state index is -1.54. The van der Waals surface area contributed by atoms with Gasteiger partial charge in [-0.1, -0.05) is 34.6 Å². The molecule has 6 rings (SSSR count). The van der Waals surface area contributed by atoms with Crippen LogP contribution in [0, 0.1) is 45.3 Å². The van der Waals surface area contributed by atoms with Crippen LogP contribution in [0.1, 0.15) is 107 Å². The summed E-state index contributed by atoms with van der Waals surface area (Å²) in [6.07, 6.45) is -2.57. The maximum atomic E-state index is 12.2. The van der Waals surface area contributed by atoms with Crippen molar-refractivity contribution in [2.24, 2.45) is 45.3 Å². The zero-order chi connectivity index (χ0) is 34.0. The molecule has 266 valence electrons. The number of ether oxygens (including phenoxy) is 3. The summed E-state index contributed by atoms with van der Waals surface area (Å²) in [4.78, 5) is 0. The van der Waals surface area contributed by atoms with E-state index in [9.17, 15) is 35.7 Å². The molecule has 4 saturated carbocycles. The van der Waals surface area contributed by atoms with Crippen molar-refractivity contribution in [3.8, 4) is 0 Å². The monoisotopic (exact) mass is 654 g/mol. The Hall–Kier alpha value is -0.400. The number of aliphatic hydroxyl groups excluding tert-OH is 6. The molecular formula is C36H62O10. The minimum Gasteiger partial charge on any atom is -0.394 e. The smallest absolute Gasteiger partial charge is 0.186 e. The summed E-state index contributed by atoms with van der Waals surface area (Å²) in [5, 5.41) is 76.4. The lowest BCUT2D eigenvalue weighted by atomic mass is 9.34. The van der Waals surface area contributed by atoms with Crippen LogP contribution in [0.15, 0.2) is 0 Å². The van der Waals surface area contributed by atoms with Crippen LogP contribution >= 0.6 is 0 Å². The Bertz CT molecular complexity index is 1140. The van der Waals surface area contributed by atoms with Crippen molar-refractivity contribution in [1.82, 2.24) is 0 Å². The van der Waals surface area contributed by atoms with Gasteiger partial charge in [-0.15, -0.1) is 0 Å². The molecular weight excluding hydrogens is 592 g/mol. The van der Waals surface area contributed by atoms with Gasteiger partial charge in [-0.3, -0.25) is 0 Å². The van der Waals surface area contributed by atoms with Gasteiger partial charge in [-0.2, -0.15) is 0 Å². The SMILES string of the molecule is CC(C)(O)C1CC[C@@](C)(C2CC[C@]3(C)C2C(O)CC2[C@@]4(C)CCC(O)C(C)(C)C4C(OC4OC(CO)C(O)C(O)C4O)C[C@]23C)O1. The lowest BCUT2D eigenvalue weighted by molar-refractivity contribution is -0.347. The van der Waals surface area contributed by atoms with Gasteiger partial charge in [-0.05, 0) is 117 Å². The van der Waals surface area contributed by atoms with Gasteiger partial charge in [0, 0.05) is 0 Å². The van der Waals surface area contributed by atoms with E-state index in [0.717, 1.165) is 32.1 Å². The first kappa shape index (κ1) is 35.4. The van der Waals surface area contributed by atoms with Crippen molar-refractivity contribution in [1.29, 1.82) is 0 Å². The number of hydrogen-bond acceptors (Lipinski definition) is 10. The Kier molecular flexibility index (Phi) is 8.71. The molecule has 0 aromatic rings. The fourth-order valence-electron chi connectivity index (χ4n) is 12.7. The van der Waals surface area contributed by atoms with E-state index >= 15 is 0 Å². The van der Waals surface area contributed by atoms with Crippen molar-refractivity contribution < 1.29 is 50.0 Å². The van der Waals surface area contributed by atoms with Gasteiger partial charge in [0.25, 0.3) is 0 Å². The average Bonchev–Trinajstić information content (AvgIpc) is 3.55. The highest BCUT2D eigenvalue weighted by atomic mass is 16.7. The highest BCUT2D eigenvalue weighted by molar-refractivity contribution is 5.22. The van der Waals surface area contributed by atoms with Crippen LogP contribution in [0.5, 0.6) is 0 Å². The highest BCUT2D eigenvalue weighted by Crippen LogP contribution is 2.76. The fourth-order valence-corrected chi connectivity index (χ4v) is 12.7. The summed E-state index contributed by atoms with van der Waals surface area (Å²) in [5.41, 5.74) is -2.83. The fraction of sp³-hybridized carbons (Fsp3) is 1.00. The van der Waals surface area contributed by atoms with E-state index in [0.29, 0.717) is 19.3 Å². The first-order valence-corrected chi connectivity index (χ1v) is 17.9. The quantitative estimate of drug-likeness (QED) is 0.219. The zero-order valence-electron chi connectivity index (χ0n) is 29.2. The van der Waals surface area contributed by atoms with Crippen LogP contribution in [0.25, 0.3) is 0 Å². The summed E-state index contributed by atoms with van der Waals surface area (Å²) in [5.74, 6) is 0.0944. The van der Waals surface area contributed by atoms with E-state index in [1.807, 2.05) is 0 Å². The molecule has 46 heavy (non-hydrogen) atoms. The molecule has 0 aromatic heterocycles. The third-order valence-electron chi connectivity index (χ3n) is 15.3. The van der Waals surface area contributed by atoms with Crippen molar-refractivity contribution in [2.45, 2.75) is 173 Å². The van der Waals surface area contributed by atoms with Gasteiger partial charge >= 0.3 is 0 Å². The number of aliphatic hydroxyl groups is 7. The average molecular weight is 655 g/mol. The van der Waals surface area contributed by atoms with Crippen LogP contribution in [-0.4, -0.2) is 109 Å². The molecule has 4 aliphatic carbocycles. The normalized spacial score (nSPS) is 57.1. The van der Waals surface area contributed by atoms with Gasteiger partial charge in [0.2, 0.25) is 0 Å². The van der Waals surface area contributed by atoms with Crippen LogP contribution in [0.3, 0.4) is 0 Å². The largest absolute Gasteiger partial charge is 0.394 e. The van der Waals surface area contributed by atoms with E-state index in [1.165, 1.54) is 0 Å². The Labute approximate surface area is 274 Å². The lowest BCUT2D eigenvalue weighted by Crippen LogP contribution is -2.71. The summed E-state index contributed by atoms with van der Waals surface area (Å²) >= 11 is 0. The highest BCUT2D eigenvalue weighted by Gasteiger charge is 2.74. The molecule has 0 radical (unpaired) electrons. The van der Waals surface area contributed by atoms with Gasteiger partial charge in [0.15, 0.2) is 6.29 Å². The van der Waals surface area contributed by atoms with Crippen LogP contribution in [-0.2, 0) is 14.2 Å². The van der Waals surface area contributed by atoms with Gasteiger partial charge in [0.1, 0.15) is 24.4 Å². The second-order valence-corrected chi connectivity index (χ2v) is 18.4. The van der Waals surface area contributed by atoms with E-state index in [-0.39, 0.29) is 46.0 Å². The molecule has 13 unspecified atom stereocenters. The van der Waals surface area contributed by atoms with Crippen molar-refractivity contribution >= 4 is 0 Å². The van der Waals surface area contributed by atoms with Crippen molar-refractivity contribution in [2.75, 3.05) is 6.61 Å². The van der Waals surface area contributed by atoms with Crippen LogP contribution in [0.2, 0.25) is 0 Å². The van der Waals surface area contributed by atoms with E-state index < -0.39 is 72.2 Å². The molecule has 2 saturated heterocycles. The molecule has 17 atom stereocenters. The third-order valence-corrected chi connectivity index (χ3v) is 15.3. The van der Waals surface area contributed by atoms with Gasteiger partial charge < -0.3 is 50.0 Å². The minimum absolute atomic E-state index is 0.0189. The van der Waals surface area contributed by atoms with E-state index in [1.54, 1.807) is 13.8 Å². The molecule has 0 aromatic carbocycles. The number of hydrogen-bond donors (Lipinski definition) is 7. The molecule has 2 heterocycles. The molecule has 10 heteroatoms. The maximum Gasteiger partial charge on any atom is 0.186 e. The summed E-state index contributed by atoms with van der Waals surface area (Å²) < 4.78 is 19.4. The molecule has 6 fully saturated rings. The number of rotatable bonds is 5. The Balaban J connectivity index is 1.38. The summed E-state index contributed by atoms with van der Waals surface area (Å²) in [6, 6.07) is 0. The van der Waals surface area contributed by atoms with Gasteiger partial charge in [0.05, 0.1) is 42.2 Å². The standard InChI is InChI=1S/C36H62O10/c1-31(2)23(39)10-12-33(5)22-15-19(38)25-18(36(8)14-11-24(46-36)32(3,4)43)9-13-34(25,6)35(22,7)16-20(29(31)33)44-30-28(42)27(41)26(40)21(17-37)45-30/h18-30,37-43H,9-17H2,1-8H3/t18?,19?,20?,21?,22?,23?,24?,25?,26?,27?,28?,29?,30?,33-,34-,35-,36+/m1/s1. The molecule has 2 aliphatic heterocycles. The topological polar surface area (TPSA) is 169 Å².